The number of hydrogen-bond donors (Lipinski definition) is 2. The molecule has 0 aliphatic carbocycles. The first-order valence-electron chi connectivity index (χ1n) is 6.97. The monoisotopic (exact) mass is 261 g/mol. The van der Waals surface area contributed by atoms with Crippen LogP contribution in [0.4, 0.5) is 0 Å². The Labute approximate surface area is 113 Å². The highest BCUT2D eigenvalue weighted by Gasteiger charge is 2.14. The maximum absolute atomic E-state index is 9.66. The average Bonchev–Trinajstić information content (AvgIpc) is 2.19. The second-order valence-electron chi connectivity index (χ2n) is 5.75. The van der Waals surface area contributed by atoms with Gasteiger partial charge in [-0.3, -0.25) is 0 Å². The first-order valence-corrected chi connectivity index (χ1v) is 7.61. The summed E-state index contributed by atoms with van der Waals surface area (Å²) in [5.41, 5.74) is -0.568. The van der Waals surface area contributed by atoms with Crippen LogP contribution in [0.5, 0.6) is 0 Å². The van der Waals surface area contributed by atoms with Gasteiger partial charge in [0.05, 0.1) is 5.60 Å². The van der Waals surface area contributed by atoms with Gasteiger partial charge in [0.1, 0.15) is 0 Å². The molecule has 0 aromatic rings. The fraction of sp³-hybridized carbons (Fsp3) is 1.00. The zero-order chi connectivity index (χ0) is 13.1. The van der Waals surface area contributed by atoms with Crippen molar-refractivity contribution >= 4 is 12.6 Å². The Kier molecular flexibility index (Phi) is 10.4. The van der Waals surface area contributed by atoms with Crippen LogP contribution >= 0.6 is 12.6 Å². The average molecular weight is 261 g/mol. The number of likely N-dealkylation sites (N-methyl/N-ethyl adjacent to an activating group) is 1. The molecule has 2 nitrogen and oxygen atoms in total. The lowest BCUT2D eigenvalue weighted by molar-refractivity contribution is 0.0442. The molecule has 0 aromatic heterocycles. The van der Waals surface area contributed by atoms with Crippen LogP contribution in [0.3, 0.4) is 0 Å². The van der Waals surface area contributed by atoms with Crippen molar-refractivity contribution in [2.45, 2.75) is 64.4 Å². The molecule has 0 unspecified atom stereocenters. The van der Waals surface area contributed by atoms with Gasteiger partial charge in [-0.05, 0) is 46.0 Å². The lowest BCUT2D eigenvalue weighted by atomic mass is 10.1. The molecule has 0 spiro atoms. The van der Waals surface area contributed by atoms with E-state index in [1.165, 1.54) is 44.9 Å². The minimum Gasteiger partial charge on any atom is -0.389 e. The number of thiol groups is 1. The van der Waals surface area contributed by atoms with Gasteiger partial charge in [-0.15, -0.1) is 0 Å². The fourth-order valence-corrected chi connectivity index (χ4v) is 2.34. The molecule has 0 aromatic carbocycles. The Morgan fingerprint density at radius 3 is 1.88 bits per heavy atom. The molecule has 0 aliphatic heterocycles. The van der Waals surface area contributed by atoms with Gasteiger partial charge in [0.15, 0.2) is 0 Å². The van der Waals surface area contributed by atoms with Crippen molar-refractivity contribution < 1.29 is 5.11 Å². The van der Waals surface area contributed by atoms with Gasteiger partial charge in [0.2, 0.25) is 0 Å². The third kappa shape index (κ3) is 14.2. The van der Waals surface area contributed by atoms with E-state index in [1.807, 2.05) is 13.8 Å². The summed E-state index contributed by atoms with van der Waals surface area (Å²) < 4.78 is 0. The summed E-state index contributed by atoms with van der Waals surface area (Å²) >= 11 is 4.21. The van der Waals surface area contributed by atoms with Gasteiger partial charge in [-0.25, -0.2) is 0 Å². The molecule has 0 atom stereocenters. The smallest absolute Gasteiger partial charge is 0.0718 e. The van der Waals surface area contributed by atoms with Crippen LogP contribution in [0.25, 0.3) is 0 Å². The molecule has 0 amide bonds. The maximum Gasteiger partial charge on any atom is 0.0718 e. The van der Waals surface area contributed by atoms with E-state index in [0.29, 0.717) is 0 Å². The summed E-state index contributed by atoms with van der Waals surface area (Å²) in [5.74, 6) is 1.03. The molecule has 0 saturated carbocycles. The van der Waals surface area contributed by atoms with E-state index in [0.717, 1.165) is 18.8 Å². The Hall–Kier alpha value is 0.270. The highest BCUT2D eigenvalue weighted by molar-refractivity contribution is 7.80. The molecule has 17 heavy (non-hydrogen) atoms. The first-order chi connectivity index (χ1) is 7.95. The first kappa shape index (κ1) is 17.3. The molecule has 0 heterocycles. The number of aliphatic hydroxyl groups is 1. The summed E-state index contributed by atoms with van der Waals surface area (Å²) in [6, 6.07) is 0. The lowest BCUT2D eigenvalue weighted by Crippen LogP contribution is -2.36. The third-order valence-corrected chi connectivity index (χ3v) is 3.17. The zero-order valence-electron chi connectivity index (χ0n) is 11.9. The summed E-state index contributed by atoms with van der Waals surface area (Å²) in [7, 11) is 2.09. The summed E-state index contributed by atoms with van der Waals surface area (Å²) in [5, 5.41) is 9.66. The third-order valence-electron chi connectivity index (χ3n) is 2.85. The molecular formula is C14H31NOS. The highest BCUT2D eigenvalue weighted by Crippen LogP contribution is 2.09. The van der Waals surface area contributed by atoms with Crippen LogP contribution in [-0.2, 0) is 0 Å². The van der Waals surface area contributed by atoms with Gasteiger partial charge in [0.25, 0.3) is 0 Å². The normalized spacial score (nSPS) is 12.4. The SMILES string of the molecule is CN(CCCCCCCCCS)CC(C)(C)O. The quantitative estimate of drug-likeness (QED) is 0.440. The second-order valence-corrected chi connectivity index (χ2v) is 6.20. The van der Waals surface area contributed by atoms with E-state index in [2.05, 4.69) is 24.6 Å². The second kappa shape index (κ2) is 10.2. The molecular weight excluding hydrogens is 230 g/mol. The minimum absolute atomic E-state index is 0.568. The standard InChI is InChI=1S/C14H31NOS/c1-14(2,16)13-15(3)11-9-7-5-4-6-8-10-12-17/h16-17H,4-13H2,1-3H3. The van der Waals surface area contributed by atoms with E-state index in [1.54, 1.807) is 0 Å². The predicted molar refractivity (Wildman–Crippen MR) is 80.0 cm³/mol. The van der Waals surface area contributed by atoms with Gasteiger partial charge in [-0.2, -0.15) is 12.6 Å². The van der Waals surface area contributed by atoms with Gasteiger partial charge < -0.3 is 10.0 Å². The summed E-state index contributed by atoms with van der Waals surface area (Å²) in [4.78, 5) is 2.22. The van der Waals surface area contributed by atoms with Crippen molar-refractivity contribution in [3.8, 4) is 0 Å². The van der Waals surface area contributed by atoms with Crippen molar-refractivity contribution in [1.82, 2.24) is 4.90 Å². The fourth-order valence-electron chi connectivity index (χ4n) is 2.12. The van der Waals surface area contributed by atoms with E-state index >= 15 is 0 Å². The molecule has 3 heteroatoms. The number of nitrogens with zero attached hydrogens (tertiary/aromatic N) is 1. The molecule has 0 aliphatic rings. The van der Waals surface area contributed by atoms with E-state index in [-0.39, 0.29) is 0 Å². The highest BCUT2D eigenvalue weighted by atomic mass is 32.1. The van der Waals surface area contributed by atoms with Crippen molar-refractivity contribution in [3.05, 3.63) is 0 Å². The predicted octanol–water partition coefficient (Wildman–Crippen LogP) is 3.35. The lowest BCUT2D eigenvalue weighted by Gasteiger charge is -2.25. The van der Waals surface area contributed by atoms with Crippen molar-refractivity contribution in [1.29, 1.82) is 0 Å². The molecule has 0 saturated heterocycles. The van der Waals surface area contributed by atoms with Crippen LogP contribution in [0.15, 0.2) is 0 Å². The van der Waals surface area contributed by atoms with E-state index in [9.17, 15) is 5.11 Å². The van der Waals surface area contributed by atoms with Crippen molar-refractivity contribution in [2.24, 2.45) is 0 Å². The Morgan fingerprint density at radius 2 is 1.41 bits per heavy atom. The van der Waals surface area contributed by atoms with Crippen molar-refractivity contribution in [2.75, 3.05) is 25.9 Å². The van der Waals surface area contributed by atoms with E-state index < -0.39 is 5.60 Å². The number of unbranched alkanes of at least 4 members (excludes halogenated alkanes) is 6. The molecule has 0 rings (SSSR count). The zero-order valence-corrected chi connectivity index (χ0v) is 12.8. The van der Waals surface area contributed by atoms with Crippen LogP contribution < -0.4 is 0 Å². The minimum atomic E-state index is -0.568. The Balaban J connectivity index is 3.22. The van der Waals surface area contributed by atoms with E-state index in [4.69, 9.17) is 0 Å². The number of hydrogen-bond acceptors (Lipinski definition) is 3. The Morgan fingerprint density at radius 1 is 0.941 bits per heavy atom. The molecule has 1 N–H and O–H groups in total. The largest absolute Gasteiger partial charge is 0.389 e. The van der Waals surface area contributed by atoms with Crippen molar-refractivity contribution in [3.63, 3.8) is 0 Å². The van der Waals surface area contributed by atoms with Crippen LogP contribution in [0, 0.1) is 0 Å². The van der Waals surface area contributed by atoms with Crippen LogP contribution in [-0.4, -0.2) is 41.5 Å². The van der Waals surface area contributed by atoms with Crippen LogP contribution in [0.1, 0.15) is 58.8 Å². The van der Waals surface area contributed by atoms with Gasteiger partial charge in [-0.1, -0.05) is 32.1 Å². The summed E-state index contributed by atoms with van der Waals surface area (Å²) in [6.45, 7) is 5.59. The Bertz CT molecular complexity index is 168. The molecule has 104 valence electrons. The maximum atomic E-state index is 9.66. The molecule has 0 radical (unpaired) electrons. The van der Waals surface area contributed by atoms with Gasteiger partial charge in [0, 0.05) is 6.54 Å². The summed E-state index contributed by atoms with van der Waals surface area (Å²) in [6.07, 6.45) is 9.24. The molecule has 0 bridgehead atoms. The van der Waals surface area contributed by atoms with Crippen LogP contribution in [0.2, 0.25) is 0 Å². The number of rotatable bonds is 11. The topological polar surface area (TPSA) is 23.5 Å². The van der Waals surface area contributed by atoms with Gasteiger partial charge >= 0.3 is 0 Å². The molecule has 0 fully saturated rings.